The summed E-state index contributed by atoms with van der Waals surface area (Å²) in [4.78, 5) is 0.178. The molecule has 1 N–H and O–H groups in total. The van der Waals surface area contributed by atoms with E-state index in [1.165, 1.54) is 4.31 Å². The lowest BCUT2D eigenvalue weighted by Crippen LogP contribution is -2.51. The Labute approximate surface area is 202 Å². The molecule has 1 aliphatic rings. The molecule has 0 spiro atoms. The molecule has 3 aromatic rings. The van der Waals surface area contributed by atoms with E-state index < -0.39 is 31.9 Å². The number of sulfone groups is 1. The summed E-state index contributed by atoms with van der Waals surface area (Å²) in [5, 5.41) is 3.33. The van der Waals surface area contributed by atoms with E-state index in [0.717, 1.165) is 22.3 Å². The van der Waals surface area contributed by atoms with Gasteiger partial charge in [0, 0.05) is 19.1 Å². The molecule has 0 aromatic heterocycles. The van der Waals surface area contributed by atoms with Gasteiger partial charge in [-0.25, -0.2) is 16.8 Å². The van der Waals surface area contributed by atoms with Crippen molar-refractivity contribution in [1.82, 2.24) is 9.62 Å². The molecule has 0 unspecified atom stereocenters. The second kappa shape index (κ2) is 10.00. The smallest absolute Gasteiger partial charge is 0.243 e. The highest BCUT2D eigenvalue weighted by Gasteiger charge is 2.45. The van der Waals surface area contributed by atoms with Crippen LogP contribution >= 0.6 is 0 Å². The Hall–Kier alpha value is -2.52. The molecule has 1 saturated heterocycles. The predicted octanol–water partition coefficient (Wildman–Crippen LogP) is 3.45. The van der Waals surface area contributed by atoms with Crippen LogP contribution < -0.4 is 5.32 Å². The van der Waals surface area contributed by atoms with Gasteiger partial charge in [0.05, 0.1) is 22.4 Å². The van der Waals surface area contributed by atoms with E-state index in [0.29, 0.717) is 6.54 Å². The first-order valence-electron chi connectivity index (χ1n) is 11.3. The van der Waals surface area contributed by atoms with Crippen LogP contribution in [-0.2, 0) is 33.0 Å². The maximum atomic E-state index is 13.9. The second-order valence-electron chi connectivity index (χ2n) is 8.90. The number of hydrogen-bond acceptors (Lipinski definition) is 5. The third-order valence-corrected chi connectivity index (χ3v) is 9.95. The van der Waals surface area contributed by atoms with Crippen LogP contribution in [0.25, 0.3) is 0 Å². The van der Waals surface area contributed by atoms with Crippen molar-refractivity contribution in [2.24, 2.45) is 0 Å². The summed E-state index contributed by atoms with van der Waals surface area (Å²) in [5.41, 5.74) is 3.69. The minimum atomic E-state index is -3.96. The minimum Gasteiger partial charge on any atom is -0.307 e. The Morgan fingerprint density at radius 3 is 2.09 bits per heavy atom. The van der Waals surface area contributed by atoms with Crippen molar-refractivity contribution >= 4 is 19.9 Å². The molecule has 0 saturated carbocycles. The van der Waals surface area contributed by atoms with Gasteiger partial charge in [-0.05, 0) is 48.2 Å². The molecule has 8 heteroatoms. The Morgan fingerprint density at radius 1 is 0.853 bits per heavy atom. The summed E-state index contributed by atoms with van der Waals surface area (Å²) in [6.07, 6.45) is 0. The molecule has 1 heterocycles. The van der Waals surface area contributed by atoms with Gasteiger partial charge in [-0.15, -0.1) is 0 Å². The monoisotopic (exact) mass is 498 g/mol. The van der Waals surface area contributed by atoms with E-state index in [1.54, 1.807) is 18.2 Å². The van der Waals surface area contributed by atoms with Gasteiger partial charge in [-0.1, -0.05) is 66.7 Å². The van der Waals surface area contributed by atoms with Crippen molar-refractivity contribution < 1.29 is 16.8 Å². The molecular weight excluding hydrogens is 468 g/mol. The Balaban J connectivity index is 1.72. The fourth-order valence-corrected chi connectivity index (χ4v) is 8.09. The minimum absolute atomic E-state index is 0.0970. The lowest BCUT2D eigenvalue weighted by Gasteiger charge is -2.32. The Kier molecular flexibility index (Phi) is 7.23. The maximum absolute atomic E-state index is 13.9. The van der Waals surface area contributed by atoms with Crippen LogP contribution in [0.3, 0.4) is 0 Å². The van der Waals surface area contributed by atoms with Crippen LogP contribution in [0.4, 0.5) is 0 Å². The van der Waals surface area contributed by atoms with E-state index in [1.807, 2.05) is 74.5 Å². The molecule has 180 valence electrons. The Bertz CT molecular complexity index is 1340. The van der Waals surface area contributed by atoms with Gasteiger partial charge in [-0.2, -0.15) is 4.31 Å². The van der Waals surface area contributed by atoms with E-state index in [-0.39, 0.29) is 22.9 Å². The summed E-state index contributed by atoms with van der Waals surface area (Å²) < 4.78 is 54.7. The zero-order chi connectivity index (χ0) is 24.3. The Morgan fingerprint density at radius 2 is 1.47 bits per heavy atom. The normalized spacial score (nSPS) is 20.0. The van der Waals surface area contributed by atoms with Crippen molar-refractivity contribution in [3.8, 4) is 0 Å². The maximum Gasteiger partial charge on any atom is 0.243 e. The molecule has 3 aromatic carbocycles. The van der Waals surface area contributed by atoms with E-state index >= 15 is 0 Å². The van der Waals surface area contributed by atoms with Gasteiger partial charge >= 0.3 is 0 Å². The molecule has 2 atom stereocenters. The quantitative estimate of drug-likeness (QED) is 0.514. The number of nitrogens with zero attached hydrogens (tertiary/aromatic N) is 1. The van der Waals surface area contributed by atoms with Crippen molar-refractivity contribution in [2.75, 3.05) is 11.5 Å². The lowest BCUT2D eigenvalue weighted by atomic mass is 10.1. The highest BCUT2D eigenvalue weighted by molar-refractivity contribution is 7.92. The van der Waals surface area contributed by atoms with Crippen LogP contribution in [0.2, 0.25) is 0 Å². The van der Waals surface area contributed by atoms with Gasteiger partial charge < -0.3 is 5.32 Å². The van der Waals surface area contributed by atoms with Gasteiger partial charge in [0.25, 0.3) is 0 Å². The second-order valence-corrected chi connectivity index (χ2v) is 12.9. The average molecular weight is 499 g/mol. The summed E-state index contributed by atoms with van der Waals surface area (Å²) in [6.45, 7) is 4.36. The number of hydrogen-bond donors (Lipinski definition) is 1. The third-order valence-electron chi connectivity index (χ3n) is 6.37. The first kappa shape index (κ1) is 24.6. The molecule has 0 amide bonds. The first-order chi connectivity index (χ1) is 16.2. The van der Waals surface area contributed by atoms with Crippen LogP contribution in [-0.4, -0.2) is 44.7 Å². The number of rotatable bonds is 8. The van der Waals surface area contributed by atoms with Crippen molar-refractivity contribution in [1.29, 1.82) is 0 Å². The number of nitrogens with one attached hydrogen (secondary N) is 1. The van der Waals surface area contributed by atoms with Gasteiger partial charge in [0.2, 0.25) is 10.0 Å². The van der Waals surface area contributed by atoms with Crippen molar-refractivity contribution in [3.05, 3.63) is 101 Å². The zero-order valence-corrected chi connectivity index (χ0v) is 21.0. The third kappa shape index (κ3) is 5.58. The lowest BCUT2D eigenvalue weighted by molar-refractivity contribution is 0.286. The zero-order valence-electron chi connectivity index (χ0n) is 19.4. The predicted molar refractivity (Wildman–Crippen MR) is 135 cm³/mol. The van der Waals surface area contributed by atoms with Crippen LogP contribution in [0.5, 0.6) is 0 Å². The van der Waals surface area contributed by atoms with Crippen molar-refractivity contribution in [2.45, 2.75) is 43.9 Å². The van der Waals surface area contributed by atoms with E-state index in [9.17, 15) is 16.8 Å². The van der Waals surface area contributed by atoms with Crippen LogP contribution in [0.15, 0.2) is 83.8 Å². The highest BCUT2D eigenvalue weighted by Crippen LogP contribution is 2.28. The first-order valence-corrected chi connectivity index (χ1v) is 14.5. The number of benzene rings is 3. The summed E-state index contributed by atoms with van der Waals surface area (Å²) in [7, 11) is -7.37. The van der Waals surface area contributed by atoms with E-state index in [4.69, 9.17) is 0 Å². The molecule has 6 nitrogen and oxygen atoms in total. The SMILES string of the molecule is Cc1ccc(S(=O)(=O)N(Cc2ccccc2)[C@@H]2CS(=O)(=O)C[C@@H]2NCc2ccccc2)cc1C. The van der Waals surface area contributed by atoms with Gasteiger partial charge in [0.1, 0.15) is 0 Å². The summed E-state index contributed by atoms with van der Waals surface area (Å²) in [6, 6.07) is 22.8. The molecule has 0 bridgehead atoms. The molecule has 1 aliphatic heterocycles. The molecule has 34 heavy (non-hydrogen) atoms. The summed E-state index contributed by atoms with van der Waals surface area (Å²) in [5.74, 6) is -0.311. The average Bonchev–Trinajstić information content (AvgIpc) is 3.13. The summed E-state index contributed by atoms with van der Waals surface area (Å²) >= 11 is 0. The van der Waals surface area contributed by atoms with Gasteiger partial charge in [0.15, 0.2) is 9.84 Å². The number of sulfonamides is 1. The molecular formula is C26H30N2O4S2. The van der Waals surface area contributed by atoms with Crippen LogP contribution in [0.1, 0.15) is 22.3 Å². The standard InChI is InChI=1S/C26H30N2O4S2/c1-20-13-14-24(15-21(20)2)34(31,32)28(17-23-11-7-4-8-12-23)26-19-33(29,30)18-25(26)27-16-22-9-5-3-6-10-22/h3-15,25-27H,16-19H2,1-2H3/t25-,26+/m0/s1. The number of aryl methyl sites for hydroxylation is 2. The van der Waals surface area contributed by atoms with Crippen LogP contribution in [0, 0.1) is 13.8 Å². The molecule has 4 rings (SSSR count). The fraction of sp³-hybridized carbons (Fsp3) is 0.308. The topological polar surface area (TPSA) is 83.6 Å². The largest absolute Gasteiger partial charge is 0.307 e. The molecule has 1 fully saturated rings. The molecule has 0 aliphatic carbocycles. The van der Waals surface area contributed by atoms with Crippen molar-refractivity contribution in [3.63, 3.8) is 0 Å². The van der Waals surface area contributed by atoms with Gasteiger partial charge in [-0.3, -0.25) is 0 Å². The fourth-order valence-electron chi connectivity index (χ4n) is 4.31. The molecule has 0 radical (unpaired) electrons. The van der Waals surface area contributed by atoms with E-state index in [2.05, 4.69) is 5.32 Å². The highest BCUT2D eigenvalue weighted by atomic mass is 32.2.